The fourth-order valence-electron chi connectivity index (χ4n) is 2.10. The van der Waals surface area contributed by atoms with Gasteiger partial charge in [-0.25, -0.2) is 0 Å². The number of fused-ring (bicyclic) bond motifs is 1. The first kappa shape index (κ1) is 11.9. The van der Waals surface area contributed by atoms with Crippen molar-refractivity contribution in [3.8, 4) is 11.5 Å². The first-order chi connectivity index (χ1) is 9.24. The Kier molecular flexibility index (Phi) is 3.01. The molecule has 2 aromatic carbocycles. The van der Waals surface area contributed by atoms with E-state index in [9.17, 15) is 5.11 Å². The molecule has 0 aromatic heterocycles. The lowest BCUT2D eigenvalue weighted by molar-refractivity contribution is 0.169. The number of aliphatic hydroxyl groups excluding tert-OH is 1. The number of benzene rings is 2. The molecule has 3 N–H and O–H groups in total. The van der Waals surface area contributed by atoms with Crippen LogP contribution in [-0.2, 0) is 0 Å². The summed E-state index contributed by atoms with van der Waals surface area (Å²) in [5.41, 5.74) is 7.89. The molecular weight excluding hydrogens is 242 g/mol. The van der Waals surface area contributed by atoms with Crippen molar-refractivity contribution in [3.63, 3.8) is 0 Å². The van der Waals surface area contributed by atoms with E-state index in [1.54, 1.807) is 12.1 Å². The van der Waals surface area contributed by atoms with Crippen molar-refractivity contribution >= 4 is 5.69 Å². The number of hydrogen-bond acceptors (Lipinski definition) is 4. The van der Waals surface area contributed by atoms with Gasteiger partial charge in [0.2, 0.25) is 0 Å². The molecule has 1 unspecified atom stereocenters. The largest absolute Gasteiger partial charge is 0.486 e. The van der Waals surface area contributed by atoms with Gasteiger partial charge in [-0.05, 0) is 35.4 Å². The van der Waals surface area contributed by atoms with Gasteiger partial charge in [0.05, 0.1) is 0 Å². The Hall–Kier alpha value is -2.20. The van der Waals surface area contributed by atoms with Gasteiger partial charge in [0.25, 0.3) is 0 Å². The topological polar surface area (TPSA) is 64.7 Å². The highest BCUT2D eigenvalue weighted by Gasteiger charge is 2.16. The minimum absolute atomic E-state index is 0.536. The lowest BCUT2D eigenvalue weighted by Crippen LogP contribution is -2.15. The predicted molar refractivity (Wildman–Crippen MR) is 72.3 cm³/mol. The molecule has 19 heavy (non-hydrogen) atoms. The normalized spacial score (nSPS) is 15.0. The van der Waals surface area contributed by atoms with Gasteiger partial charge in [-0.2, -0.15) is 0 Å². The molecule has 2 aromatic rings. The van der Waals surface area contributed by atoms with Gasteiger partial charge >= 0.3 is 0 Å². The summed E-state index contributed by atoms with van der Waals surface area (Å²) in [5.74, 6) is 1.40. The first-order valence-electron chi connectivity index (χ1n) is 6.17. The number of nitrogen functional groups attached to an aromatic ring is 1. The number of hydrogen-bond donors (Lipinski definition) is 2. The lowest BCUT2D eigenvalue weighted by atomic mass is 10.0. The average Bonchev–Trinajstić information content (AvgIpc) is 2.47. The fraction of sp³-hybridized carbons (Fsp3) is 0.200. The molecule has 0 radical (unpaired) electrons. The Morgan fingerprint density at radius 3 is 2.26 bits per heavy atom. The molecule has 1 aliphatic heterocycles. The number of nitrogens with two attached hydrogens (primary N) is 1. The van der Waals surface area contributed by atoms with E-state index >= 15 is 0 Å². The third-order valence-corrected chi connectivity index (χ3v) is 3.13. The molecule has 1 heterocycles. The molecule has 1 aliphatic rings. The van der Waals surface area contributed by atoms with Gasteiger partial charge in [0.1, 0.15) is 19.3 Å². The quantitative estimate of drug-likeness (QED) is 0.809. The van der Waals surface area contributed by atoms with Crippen molar-refractivity contribution in [3.05, 3.63) is 53.6 Å². The SMILES string of the molecule is Nc1ccc(C(O)c2ccc3c(c2)OCCO3)cc1. The van der Waals surface area contributed by atoms with Crippen LogP contribution in [0.5, 0.6) is 11.5 Å². The van der Waals surface area contributed by atoms with E-state index in [0.717, 1.165) is 16.9 Å². The van der Waals surface area contributed by atoms with Crippen LogP contribution in [-0.4, -0.2) is 18.3 Å². The zero-order valence-corrected chi connectivity index (χ0v) is 10.4. The Labute approximate surface area is 111 Å². The van der Waals surface area contributed by atoms with E-state index < -0.39 is 6.10 Å². The summed E-state index contributed by atoms with van der Waals surface area (Å²) in [4.78, 5) is 0. The summed E-state index contributed by atoms with van der Waals surface area (Å²) >= 11 is 0. The zero-order valence-electron chi connectivity index (χ0n) is 10.4. The highest BCUT2D eigenvalue weighted by molar-refractivity contribution is 5.47. The third-order valence-electron chi connectivity index (χ3n) is 3.13. The van der Waals surface area contributed by atoms with Crippen LogP contribution in [0.4, 0.5) is 5.69 Å². The summed E-state index contributed by atoms with van der Waals surface area (Å²) in [6.07, 6.45) is -0.698. The highest BCUT2D eigenvalue weighted by Crippen LogP contribution is 2.34. The summed E-state index contributed by atoms with van der Waals surface area (Å²) in [5, 5.41) is 10.3. The number of rotatable bonds is 2. The third kappa shape index (κ3) is 2.35. The van der Waals surface area contributed by atoms with Crippen molar-refractivity contribution in [1.29, 1.82) is 0 Å². The molecule has 1 atom stereocenters. The van der Waals surface area contributed by atoms with Crippen molar-refractivity contribution < 1.29 is 14.6 Å². The summed E-state index contributed by atoms with van der Waals surface area (Å²) < 4.78 is 11.0. The highest BCUT2D eigenvalue weighted by atomic mass is 16.6. The molecule has 4 nitrogen and oxygen atoms in total. The Bertz CT molecular complexity index is 580. The van der Waals surface area contributed by atoms with E-state index in [-0.39, 0.29) is 0 Å². The van der Waals surface area contributed by atoms with Gasteiger partial charge in [-0.15, -0.1) is 0 Å². The van der Waals surface area contributed by atoms with Crippen LogP contribution in [0, 0.1) is 0 Å². The molecule has 0 saturated carbocycles. The van der Waals surface area contributed by atoms with Crippen LogP contribution < -0.4 is 15.2 Å². The molecule has 98 valence electrons. The second kappa shape index (κ2) is 4.82. The van der Waals surface area contributed by atoms with Crippen LogP contribution in [0.15, 0.2) is 42.5 Å². The first-order valence-corrected chi connectivity index (χ1v) is 6.17. The Balaban J connectivity index is 1.91. The Morgan fingerprint density at radius 1 is 0.895 bits per heavy atom. The van der Waals surface area contributed by atoms with Crippen LogP contribution in [0.3, 0.4) is 0 Å². The van der Waals surface area contributed by atoms with Crippen molar-refractivity contribution in [2.45, 2.75) is 6.10 Å². The van der Waals surface area contributed by atoms with Gasteiger partial charge in [0, 0.05) is 5.69 Å². The molecule has 0 bridgehead atoms. The van der Waals surface area contributed by atoms with Crippen molar-refractivity contribution in [2.75, 3.05) is 18.9 Å². The van der Waals surface area contributed by atoms with E-state index in [4.69, 9.17) is 15.2 Å². The smallest absolute Gasteiger partial charge is 0.161 e. The molecular formula is C15H15NO3. The second-order valence-electron chi connectivity index (χ2n) is 4.47. The monoisotopic (exact) mass is 257 g/mol. The molecule has 0 aliphatic carbocycles. The zero-order chi connectivity index (χ0) is 13.2. The maximum atomic E-state index is 10.3. The average molecular weight is 257 g/mol. The molecule has 0 saturated heterocycles. The molecule has 0 fully saturated rings. The summed E-state index contributed by atoms with van der Waals surface area (Å²) in [7, 11) is 0. The maximum absolute atomic E-state index is 10.3. The molecule has 3 rings (SSSR count). The van der Waals surface area contributed by atoms with Crippen LogP contribution in [0.25, 0.3) is 0 Å². The van der Waals surface area contributed by atoms with Gasteiger partial charge in [0.15, 0.2) is 11.5 Å². The molecule has 4 heteroatoms. The predicted octanol–water partition coefficient (Wildman–Crippen LogP) is 2.12. The van der Waals surface area contributed by atoms with E-state index in [1.807, 2.05) is 30.3 Å². The van der Waals surface area contributed by atoms with Gasteiger partial charge in [-0.1, -0.05) is 18.2 Å². The maximum Gasteiger partial charge on any atom is 0.161 e. The number of aliphatic hydroxyl groups is 1. The van der Waals surface area contributed by atoms with Crippen molar-refractivity contribution in [2.24, 2.45) is 0 Å². The standard InChI is InChI=1S/C15H15NO3/c16-12-4-1-10(2-5-12)15(17)11-3-6-13-14(9-11)19-8-7-18-13/h1-6,9,15,17H,7-8,16H2. The van der Waals surface area contributed by atoms with Gasteiger partial charge < -0.3 is 20.3 Å². The summed E-state index contributed by atoms with van der Waals surface area (Å²) in [6.45, 7) is 1.10. The summed E-state index contributed by atoms with van der Waals surface area (Å²) in [6, 6.07) is 12.7. The van der Waals surface area contributed by atoms with E-state index in [2.05, 4.69) is 0 Å². The van der Waals surface area contributed by atoms with Crippen LogP contribution >= 0.6 is 0 Å². The number of ether oxygens (including phenoxy) is 2. The number of anilines is 1. The minimum atomic E-state index is -0.698. The molecule has 0 spiro atoms. The van der Waals surface area contributed by atoms with Crippen molar-refractivity contribution in [1.82, 2.24) is 0 Å². The fourth-order valence-corrected chi connectivity index (χ4v) is 2.10. The second-order valence-corrected chi connectivity index (χ2v) is 4.47. The van der Waals surface area contributed by atoms with E-state index in [1.165, 1.54) is 0 Å². The van der Waals surface area contributed by atoms with Crippen LogP contribution in [0.2, 0.25) is 0 Å². The van der Waals surface area contributed by atoms with Gasteiger partial charge in [-0.3, -0.25) is 0 Å². The minimum Gasteiger partial charge on any atom is -0.486 e. The van der Waals surface area contributed by atoms with Crippen LogP contribution in [0.1, 0.15) is 17.2 Å². The Morgan fingerprint density at radius 2 is 1.53 bits per heavy atom. The van der Waals surface area contributed by atoms with E-state index in [0.29, 0.717) is 24.7 Å². The molecule has 0 amide bonds. The lowest BCUT2D eigenvalue weighted by Gasteiger charge is -2.20.